The second-order valence-corrected chi connectivity index (χ2v) is 3.84. The van der Waals surface area contributed by atoms with Crippen LogP contribution in [-0.2, 0) is 0 Å². The number of aryl methyl sites for hydroxylation is 1. The van der Waals surface area contributed by atoms with Gasteiger partial charge in [0.05, 0.1) is 18.1 Å². The van der Waals surface area contributed by atoms with Gasteiger partial charge in [-0.2, -0.15) is 0 Å². The normalized spacial score (nSPS) is 10.1. The van der Waals surface area contributed by atoms with Crippen LogP contribution in [0.3, 0.4) is 0 Å². The third kappa shape index (κ3) is 2.41. The molecule has 1 aromatic heterocycles. The van der Waals surface area contributed by atoms with Gasteiger partial charge >= 0.3 is 0 Å². The van der Waals surface area contributed by atoms with Crippen LogP contribution in [0.4, 0.5) is 17.3 Å². The number of hydrogen-bond acceptors (Lipinski definition) is 4. The zero-order chi connectivity index (χ0) is 11.5. The second kappa shape index (κ2) is 4.37. The zero-order valence-electron chi connectivity index (χ0n) is 8.74. The van der Waals surface area contributed by atoms with Crippen LogP contribution in [0.15, 0.2) is 30.6 Å². The molecule has 0 spiro atoms. The number of nitrogens with two attached hydrogens (primary N) is 1. The molecule has 2 aromatic rings. The molecule has 1 aromatic carbocycles. The lowest BCUT2D eigenvalue weighted by atomic mass is 10.2. The average molecular weight is 235 g/mol. The minimum atomic E-state index is 0.495. The van der Waals surface area contributed by atoms with Gasteiger partial charge in [-0.3, -0.25) is 0 Å². The maximum atomic E-state index is 6.00. The highest BCUT2D eigenvalue weighted by molar-refractivity contribution is 6.31. The van der Waals surface area contributed by atoms with Gasteiger partial charge in [0.15, 0.2) is 0 Å². The van der Waals surface area contributed by atoms with E-state index in [0.29, 0.717) is 16.7 Å². The Bertz CT molecular complexity index is 496. The molecule has 0 atom stereocenters. The lowest BCUT2D eigenvalue weighted by Crippen LogP contribution is -1.98. The molecule has 0 amide bonds. The minimum Gasteiger partial charge on any atom is -0.396 e. The molecule has 0 saturated heterocycles. The number of aromatic nitrogens is 2. The van der Waals surface area contributed by atoms with Crippen LogP contribution in [0, 0.1) is 6.92 Å². The molecular formula is C11H11ClN4. The summed E-state index contributed by atoms with van der Waals surface area (Å²) in [5.41, 5.74) is 7.91. The Balaban J connectivity index is 2.20. The third-order valence-corrected chi connectivity index (χ3v) is 2.51. The van der Waals surface area contributed by atoms with Gasteiger partial charge in [-0.15, -0.1) is 0 Å². The summed E-state index contributed by atoms with van der Waals surface area (Å²) in [7, 11) is 0. The first kappa shape index (κ1) is 10.7. The van der Waals surface area contributed by atoms with Crippen molar-refractivity contribution in [3.63, 3.8) is 0 Å². The molecular weight excluding hydrogens is 224 g/mol. The van der Waals surface area contributed by atoms with Gasteiger partial charge in [-0.1, -0.05) is 17.7 Å². The average Bonchev–Trinajstić information content (AvgIpc) is 2.27. The molecule has 4 nitrogen and oxygen atoms in total. The van der Waals surface area contributed by atoms with E-state index in [0.717, 1.165) is 11.3 Å². The van der Waals surface area contributed by atoms with E-state index < -0.39 is 0 Å². The van der Waals surface area contributed by atoms with E-state index in [4.69, 9.17) is 17.3 Å². The lowest BCUT2D eigenvalue weighted by molar-refractivity contribution is 1.17. The van der Waals surface area contributed by atoms with Crippen molar-refractivity contribution in [1.29, 1.82) is 0 Å². The van der Waals surface area contributed by atoms with Gasteiger partial charge in [0.25, 0.3) is 0 Å². The molecule has 0 fully saturated rings. The van der Waals surface area contributed by atoms with E-state index in [1.54, 1.807) is 12.4 Å². The Hall–Kier alpha value is -1.81. The Kier molecular flexibility index (Phi) is 2.92. The highest BCUT2D eigenvalue weighted by atomic mass is 35.5. The van der Waals surface area contributed by atoms with Crippen molar-refractivity contribution in [1.82, 2.24) is 9.97 Å². The van der Waals surface area contributed by atoms with Crippen molar-refractivity contribution >= 4 is 28.9 Å². The van der Waals surface area contributed by atoms with Crippen LogP contribution in [0.25, 0.3) is 0 Å². The first-order chi connectivity index (χ1) is 7.65. The maximum Gasteiger partial charge on any atom is 0.227 e. The number of hydrogen-bond donors (Lipinski definition) is 2. The lowest BCUT2D eigenvalue weighted by Gasteiger charge is -2.06. The minimum absolute atomic E-state index is 0.495. The quantitative estimate of drug-likeness (QED) is 0.839. The van der Waals surface area contributed by atoms with Crippen LogP contribution in [-0.4, -0.2) is 9.97 Å². The summed E-state index contributed by atoms with van der Waals surface area (Å²) >= 11 is 6.00. The molecule has 5 heteroatoms. The van der Waals surface area contributed by atoms with E-state index >= 15 is 0 Å². The first-order valence-corrected chi connectivity index (χ1v) is 5.13. The number of nitrogens with zero attached hydrogens (tertiary/aromatic N) is 2. The van der Waals surface area contributed by atoms with Crippen LogP contribution in [0.1, 0.15) is 5.56 Å². The summed E-state index contributed by atoms with van der Waals surface area (Å²) in [6, 6.07) is 5.68. The SMILES string of the molecule is Cc1ccc(Nc2ncc(N)cn2)cc1Cl. The van der Waals surface area contributed by atoms with Gasteiger partial charge in [-0.05, 0) is 24.6 Å². The fraction of sp³-hybridized carbons (Fsp3) is 0.0909. The zero-order valence-corrected chi connectivity index (χ0v) is 9.49. The van der Waals surface area contributed by atoms with Crippen molar-refractivity contribution in [3.05, 3.63) is 41.2 Å². The van der Waals surface area contributed by atoms with Crippen molar-refractivity contribution in [2.45, 2.75) is 6.92 Å². The summed E-state index contributed by atoms with van der Waals surface area (Å²) < 4.78 is 0. The Morgan fingerprint density at radius 1 is 1.25 bits per heavy atom. The number of anilines is 3. The summed E-state index contributed by atoms with van der Waals surface area (Å²) in [6.07, 6.45) is 3.09. The summed E-state index contributed by atoms with van der Waals surface area (Å²) in [5.74, 6) is 0.495. The Morgan fingerprint density at radius 2 is 1.94 bits per heavy atom. The third-order valence-electron chi connectivity index (χ3n) is 2.10. The predicted octanol–water partition coefficient (Wildman–Crippen LogP) is 2.76. The monoisotopic (exact) mass is 234 g/mol. The summed E-state index contributed by atoms with van der Waals surface area (Å²) in [6.45, 7) is 1.95. The fourth-order valence-corrected chi connectivity index (χ4v) is 1.38. The Morgan fingerprint density at radius 3 is 2.56 bits per heavy atom. The Labute approximate surface area is 98.5 Å². The van der Waals surface area contributed by atoms with Crippen LogP contribution in [0.5, 0.6) is 0 Å². The van der Waals surface area contributed by atoms with Crippen LogP contribution in [0.2, 0.25) is 5.02 Å². The summed E-state index contributed by atoms with van der Waals surface area (Å²) in [4.78, 5) is 8.07. The molecule has 82 valence electrons. The topological polar surface area (TPSA) is 63.8 Å². The highest BCUT2D eigenvalue weighted by Gasteiger charge is 2.00. The molecule has 16 heavy (non-hydrogen) atoms. The molecule has 0 saturated carbocycles. The molecule has 0 aliphatic rings. The molecule has 3 N–H and O–H groups in total. The van der Waals surface area contributed by atoms with Gasteiger partial charge in [0, 0.05) is 10.7 Å². The van der Waals surface area contributed by atoms with Gasteiger partial charge in [0.1, 0.15) is 0 Å². The molecule has 0 aliphatic heterocycles. The van der Waals surface area contributed by atoms with E-state index in [1.165, 1.54) is 0 Å². The summed E-state index contributed by atoms with van der Waals surface area (Å²) in [5, 5.41) is 3.75. The number of rotatable bonds is 2. The fourth-order valence-electron chi connectivity index (χ4n) is 1.20. The van der Waals surface area contributed by atoms with E-state index in [2.05, 4.69) is 15.3 Å². The molecule has 0 unspecified atom stereocenters. The highest BCUT2D eigenvalue weighted by Crippen LogP contribution is 2.21. The van der Waals surface area contributed by atoms with Crippen LogP contribution < -0.4 is 11.1 Å². The van der Waals surface area contributed by atoms with E-state index in [9.17, 15) is 0 Å². The van der Waals surface area contributed by atoms with Gasteiger partial charge in [0.2, 0.25) is 5.95 Å². The first-order valence-electron chi connectivity index (χ1n) is 4.76. The number of halogens is 1. The molecule has 0 aliphatic carbocycles. The van der Waals surface area contributed by atoms with Crippen molar-refractivity contribution in [2.75, 3.05) is 11.1 Å². The van der Waals surface area contributed by atoms with Crippen molar-refractivity contribution in [2.24, 2.45) is 0 Å². The largest absolute Gasteiger partial charge is 0.396 e. The van der Waals surface area contributed by atoms with Crippen LogP contribution >= 0.6 is 11.6 Å². The van der Waals surface area contributed by atoms with Gasteiger partial charge in [-0.25, -0.2) is 9.97 Å². The number of benzene rings is 1. The number of nitrogen functional groups attached to an aromatic ring is 1. The number of nitrogens with one attached hydrogen (secondary N) is 1. The van der Waals surface area contributed by atoms with Gasteiger partial charge < -0.3 is 11.1 Å². The van der Waals surface area contributed by atoms with E-state index in [1.807, 2.05) is 25.1 Å². The molecule has 1 heterocycles. The second-order valence-electron chi connectivity index (χ2n) is 3.43. The van der Waals surface area contributed by atoms with E-state index in [-0.39, 0.29) is 0 Å². The van der Waals surface area contributed by atoms with Crippen molar-refractivity contribution < 1.29 is 0 Å². The van der Waals surface area contributed by atoms with Crippen molar-refractivity contribution in [3.8, 4) is 0 Å². The molecule has 0 radical (unpaired) electrons. The molecule has 2 rings (SSSR count). The smallest absolute Gasteiger partial charge is 0.227 e. The predicted molar refractivity (Wildman–Crippen MR) is 65.9 cm³/mol. The maximum absolute atomic E-state index is 6.00. The standard InChI is InChI=1S/C11H11ClN4/c1-7-2-3-9(4-10(7)12)16-11-14-5-8(13)6-15-11/h2-6H,13H2,1H3,(H,14,15,16). The molecule has 0 bridgehead atoms.